The van der Waals surface area contributed by atoms with Crippen LogP contribution in [-0.2, 0) is 4.74 Å². The molecule has 2 fully saturated rings. The summed E-state index contributed by atoms with van der Waals surface area (Å²) < 4.78 is 61.2. The predicted octanol–water partition coefficient (Wildman–Crippen LogP) is 0.399. The molecule has 32 heavy (non-hydrogen) atoms. The van der Waals surface area contributed by atoms with Gasteiger partial charge in [-0.25, -0.2) is 8.78 Å². The van der Waals surface area contributed by atoms with Gasteiger partial charge in [0.25, 0.3) is 0 Å². The molecule has 3 heterocycles. The minimum absolute atomic E-state index is 0.0727. The number of likely N-dealkylation sites (tertiary alicyclic amines) is 1. The van der Waals surface area contributed by atoms with Crippen LogP contribution in [0.5, 0.6) is 0 Å². The van der Waals surface area contributed by atoms with Crippen LogP contribution in [0, 0.1) is 17.0 Å². The molecule has 0 radical (unpaired) electrons. The Morgan fingerprint density at radius 2 is 2.09 bits per heavy atom. The van der Waals surface area contributed by atoms with Crippen molar-refractivity contribution in [2.45, 2.75) is 43.2 Å². The smallest absolute Gasteiger partial charge is 0.316 e. The van der Waals surface area contributed by atoms with E-state index in [1.165, 1.54) is 7.05 Å². The summed E-state index contributed by atoms with van der Waals surface area (Å²) in [6.45, 7) is -1.95. The van der Waals surface area contributed by atoms with Crippen molar-refractivity contribution in [2.24, 2.45) is 16.6 Å². The minimum Gasteiger partial charge on any atom is -0.370 e. The third kappa shape index (κ3) is 4.06. The highest BCUT2D eigenvalue weighted by Crippen LogP contribution is 2.35. The van der Waals surface area contributed by atoms with Crippen LogP contribution in [0.3, 0.4) is 0 Å². The van der Waals surface area contributed by atoms with Crippen molar-refractivity contribution in [3.63, 3.8) is 0 Å². The van der Waals surface area contributed by atoms with Gasteiger partial charge in [0, 0.05) is 37.8 Å². The second-order valence-corrected chi connectivity index (χ2v) is 8.24. The summed E-state index contributed by atoms with van der Waals surface area (Å²) in [5.41, 5.74) is 8.53. The fourth-order valence-corrected chi connectivity index (χ4v) is 4.66. The van der Waals surface area contributed by atoms with Gasteiger partial charge in [0.05, 0.1) is 18.7 Å². The Morgan fingerprint density at radius 3 is 2.75 bits per heavy atom. The third-order valence-electron chi connectivity index (χ3n) is 6.31. The number of likely N-dealkylation sites (N-methyl/N-ethyl adjacent to an activating group) is 1. The molecule has 0 bridgehead atoms. The summed E-state index contributed by atoms with van der Waals surface area (Å²) >= 11 is 0. The van der Waals surface area contributed by atoms with Crippen molar-refractivity contribution in [1.82, 2.24) is 20.3 Å². The average molecular weight is 458 g/mol. The van der Waals surface area contributed by atoms with E-state index in [1.807, 2.05) is 4.90 Å². The van der Waals surface area contributed by atoms with E-state index >= 15 is 0 Å². The first kappa shape index (κ1) is 22.9. The number of amidine groups is 2. The molecule has 13 heteroatoms. The Labute approximate surface area is 182 Å². The van der Waals surface area contributed by atoms with E-state index < -0.39 is 42.4 Å². The maximum atomic E-state index is 14.1. The van der Waals surface area contributed by atoms with Gasteiger partial charge >= 0.3 is 6.55 Å². The van der Waals surface area contributed by atoms with E-state index in [1.54, 1.807) is 0 Å². The normalized spacial score (nSPS) is 30.6. The molecule has 0 saturated carbocycles. The van der Waals surface area contributed by atoms with Gasteiger partial charge < -0.3 is 10.5 Å². The largest absolute Gasteiger partial charge is 0.370 e. The summed E-state index contributed by atoms with van der Waals surface area (Å²) in [5, 5.41) is 9.18. The first-order chi connectivity index (χ1) is 15.2. The number of nitrogens with two attached hydrogens (primary N) is 2. The highest BCUT2D eigenvalue weighted by atomic mass is 19.3. The lowest BCUT2D eigenvalue weighted by Crippen LogP contribution is -2.54. The number of hydrazine groups is 2. The number of hydrogen-bond donors (Lipinski definition) is 4. The third-order valence-corrected chi connectivity index (χ3v) is 6.31. The lowest BCUT2D eigenvalue weighted by Gasteiger charge is -2.39. The van der Waals surface area contributed by atoms with E-state index in [0.717, 1.165) is 28.1 Å². The van der Waals surface area contributed by atoms with Crippen molar-refractivity contribution in [3.8, 4) is 0 Å². The molecule has 0 amide bonds. The number of nitrogens with one attached hydrogen (secondary N) is 2. The Hall–Kier alpha value is -2.32. The summed E-state index contributed by atoms with van der Waals surface area (Å²) in [4.78, 5) is 7.19. The van der Waals surface area contributed by atoms with Crippen LogP contribution in [0.1, 0.15) is 18.1 Å². The molecular formula is C19H26F4N8O. The lowest BCUT2D eigenvalue weighted by atomic mass is 9.93. The Bertz CT molecular complexity index is 902. The van der Waals surface area contributed by atoms with Gasteiger partial charge in [0.1, 0.15) is 17.7 Å². The van der Waals surface area contributed by atoms with Crippen LogP contribution in [-0.4, -0.2) is 83.9 Å². The SMILES string of the molecule is CN(NN)C(=N)C1=NC2CN(C3CO[C@H](c4cc(F)ccc4F)C(N)C3)CC2N1C(F)F. The molecule has 2 saturated heterocycles. The van der Waals surface area contributed by atoms with Gasteiger partial charge in [-0.2, -0.15) is 14.3 Å². The maximum absolute atomic E-state index is 14.1. The zero-order chi connectivity index (χ0) is 23.2. The van der Waals surface area contributed by atoms with Crippen molar-refractivity contribution in [1.29, 1.82) is 5.41 Å². The molecule has 5 atom stereocenters. The number of ether oxygens (including phenoxy) is 1. The molecule has 3 aliphatic heterocycles. The number of benzene rings is 1. The second kappa shape index (κ2) is 8.90. The lowest BCUT2D eigenvalue weighted by molar-refractivity contribution is -0.0502. The van der Waals surface area contributed by atoms with Crippen molar-refractivity contribution in [3.05, 3.63) is 35.4 Å². The molecule has 4 unspecified atom stereocenters. The zero-order valence-electron chi connectivity index (χ0n) is 17.4. The molecule has 1 aromatic rings. The monoisotopic (exact) mass is 458 g/mol. The van der Waals surface area contributed by atoms with Crippen molar-refractivity contribution in [2.75, 3.05) is 26.7 Å². The number of fused-ring (bicyclic) bond motifs is 1. The zero-order valence-corrected chi connectivity index (χ0v) is 17.4. The first-order valence-corrected chi connectivity index (χ1v) is 10.2. The Morgan fingerprint density at radius 1 is 1.34 bits per heavy atom. The molecule has 0 spiro atoms. The fourth-order valence-electron chi connectivity index (χ4n) is 4.66. The summed E-state index contributed by atoms with van der Waals surface area (Å²) in [5.74, 6) is 3.74. The molecule has 4 rings (SSSR count). The number of rotatable bonds is 5. The van der Waals surface area contributed by atoms with E-state index in [4.69, 9.17) is 21.7 Å². The molecule has 0 aromatic heterocycles. The number of halogens is 4. The number of alkyl halides is 2. The van der Waals surface area contributed by atoms with Gasteiger partial charge in [-0.05, 0) is 24.6 Å². The molecule has 3 aliphatic rings. The molecule has 6 N–H and O–H groups in total. The maximum Gasteiger partial charge on any atom is 0.316 e. The van der Waals surface area contributed by atoms with Gasteiger partial charge in [-0.15, -0.1) is 0 Å². The van der Waals surface area contributed by atoms with E-state index in [2.05, 4.69) is 10.5 Å². The first-order valence-electron chi connectivity index (χ1n) is 10.2. The number of hydrogen-bond acceptors (Lipinski definition) is 8. The van der Waals surface area contributed by atoms with Gasteiger partial charge in [-0.1, -0.05) is 0 Å². The number of aliphatic imine (C=N–C) groups is 1. The van der Waals surface area contributed by atoms with Crippen LogP contribution >= 0.6 is 0 Å². The minimum atomic E-state index is -2.83. The van der Waals surface area contributed by atoms with Crippen molar-refractivity contribution < 1.29 is 22.3 Å². The van der Waals surface area contributed by atoms with Crippen LogP contribution in [0.2, 0.25) is 0 Å². The average Bonchev–Trinajstić information content (AvgIpc) is 3.32. The highest BCUT2D eigenvalue weighted by Gasteiger charge is 2.49. The van der Waals surface area contributed by atoms with Crippen LogP contribution < -0.4 is 17.1 Å². The predicted molar refractivity (Wildman–Crippen MR) is 109 cm³/mol. The Kier molecular flexibility index (Phi) is 6.36. The highest BCUT2D eigenvalue weighted by molar-refractivity contribution is 6.39. The van der Waals surface area contributed by atoms with Crippen molar-refractivity contribution >= 4 is 11.7 Å². The number of nitrogens with zero attached hydrogens (tertiary/aromatic N) is 4. The van der Waals surface area contributed by atoms with Gasteiger partial charge in [0.15, 0.2) is 11.7 Å². The van der Waals surface area contributed by atoms with E-state index in [0.29, 0.717) is 13.0 Å². The Balaban J connectivity index is 1.45. The molecule has 1 aromatic carbocycles. The fraction of sp³-hybridized carbons (Fsp3) is 0.579. The van der Waals surface area contributed by atoms with E-state index in [9.17, 15) is 17.6 Å². The van der Waals surface area contributed by atoms with Crippen LogP contribution in [0.4, 0.5) is 17.6 Å². The van der Waals surface area contributed by atoms with Gasteiger partial charge in [-0.3, -0.25) is 31.1 Å². The standard InChI is InChI=1S/C19H26F4N8O/c1-29(28-26)17(25)18-27-14-6-30(7-15(14)31(18)19(22)23)10-5-13(24)16(32-8-10)11-4-9(20)2-3-12(11)21/h2-4,10,13-16,19,25,28H,5-8,24,26H2,1H3/t10?,13?,14?,15?,16-/m1/s1. The summed E-state index contributed by atoms with van der Waals surface area (Å²) in [6, 6.07) is 1.34. The van der Waals surface area contributed by atoms with E-state index in [-0.39, 0.29) is 36.4 Å². The summed E-state index contributed by atoms with van der Waals surface area (Å²) in [7, 11) is 1.44. The van der Waals surface area contributed by atoms with Crippen LogP contribution in [0.25, 0.3) is 0 Å². The molecule has 9 nitrogen and oxygen atoms in total. The topological polar surface area (TPSA) is 119 Å². The molecule has 0 aliphatic carbocycles. The van der Waals surface area contributed by atoms with Crippen LogP contribution in [0.15, 0.2) is 23.2 Å². The molecule has 176 valence electrons. The quantitative estimate of drug-likeness (QED) is 0.126. The summed E-state index contributed by atoms with van der Waals surface area (Å²) in [6.07, 6.45) is -0.355. The van der Waals surface area contributed by atoms with Gasteiger partial charge in [0.2, 0.25) is 0 Å². The molecular weight excluding hydrogens is 432 g/mol. The second-order valence-electron chi connectivity index (χ2n) is 8.24.